The van der Waals surface area contributed by atoms with Gasteiger partial charge in [0.1, 0.15) is 12.6 Å². The minimum absolute atomic E-state index is 0.0194. The predicted molar refractivity (Wildman–Crippen MR) is 126 cm³/mol. The summed E-state index contributed by atoms with van der Waals surface area (Å²) in [6.45, 7) is 0.121. The van der Waals surface area contributed by atoms with Crippen LogP contribution in [0.25, 0.3) is 11.1 Å². The van der Waals surface area contributed by atoms with Crippen molar-refractivity contribution in [2.75, 3.05) is 25.2 Å². The van der Waals surface area contributed by atoms with Gasteiger partial charge in [0.25, 0.3) is 0 Å². The van der Waals surface area contributed by atoms with Gasteiger partial charge in [-0.2, -0.15) is 11.8 Å². The average molecular weight is 473 g/mol. The highest BCUT2D eigenvalue weighted by molar-refractivity contribution is 7.98. The number of aliphatic carboxylic acids is 1. The van der Waals surface area contributed by atoms with Gasteiger partial charge in [0.15, 0.2) is 6.10 Å². The Hall–Kier alpha value is -3.04. The molecule has 0 saturated carbocycles. The smallest absolute Gasteiger partial charge is 0.407 e. The molecule has 9 heteroatoms. The first-order valence-corrected chi connectivity index (χ1v) is 12.1. The van der Waals surface area contributed by atoms with E-state index >= 15 is 0 Å². The highest BCUT2D eigenvalue weighted by Gasteiger charge is 2.29. The van der Waals surface area contributed by atoms with E-state index in [0.29, 0.717) is 12.2 Å². The van der Waals surface area contributed by atoms with Gasteiger partial charge in [-0.1, -0.05) is 48.5 Å². The van der Waals surface area contributed by atoms with E-state index in [0.717, 1.165) is 22.3 Å². The summed E-state index contributed by atoms with van der Waals surface area (Å²) in [5.74, 6) is -1.24. The number of benzene rings is 2. The maximum absolute atomic E-state index is 12.5. The Morgan fingerprint density at radius 3 is 2.21 bits per heavy atom. The van der Waals surface area contributed by atoms with Crippen LogP contribution in [-0.4, -0.2) is 65.5 Å². The second kappa shape index (κ2) is 11.7. The Kier molecular flexibility index (Phi) is 8.73. The van der Waals surface area contributed by atoms with E-state index in [1.807, 2.05) is 42.7 Å². The Balaban J connectivity index is 1.58. The number of rotatable bonds is 11. The fraction of sp³-hybridized carbons (Fsp3) is 0.375. The van der Waals surface area contributed by atoms with Crippen molar-refractivity contribution in [2.24, 2.45) is 0 Å². The van der Waals surface area contributed by atoms with Gasteiger partial charge in [-0.15, -0.1) is 0 Å². The van der Waals surface area contributed by atoms with Crippen molar-refractivity contribution in [3.05, 3.63) is 59.7 Å². The third-order valence-electron chi connectivity index (χ3n) is 5.56. The minimum Gasteiger partial charge on any atom is -0.479 e. The van der Waals surface area contributed by atoms with Crippen molar-refractivity contribution in [3.8, 4) is 11.1 Å². The standard InChI is InChI=1S/C24H28N2O6S/c1-33-13-11-20(22(28)25-12-10-21(27)23(29)30)26-24(31)32-14-19-17-8-4-2-6-15(17)16-7-3-5-9-18(16)19/h2-9,19-21,27H,10-14H2,1H3,(H,25,28)(H,26,31)(H,29,30)/t20-,21?/m0/s1. The highest BCUT2D eigenvalue weighted by atomic mass is 32.2. The summed E-state index contributed by atoms with van der Waals surface area (Å²) in [6.07, 6.45) is -0.0838. The summed E-state index contributed by atoms with van der Waals surface area (Å²) >= 11 is 1.54. The molecule has 3 rings (SSSR count). The number of thioether (sulfide) groups is 1. The zero-order valence-electron chi connectivity index (χ0n) is 18.3. The van der Waals surface area contributed by atoms with Gasteiger partial charge in [-0.25, -0.2) is 9.59 Å². The maximum Gasteiger partial charge on any atom is 0.407 e. The van der Waals surface area contributed by atoms with Crippen LogP contribution >= 0.6 is 11.8 Å². The molecule has 2 atom stereocenters. The maximum atomic E-state index is 12.5. The molecule has 0 saturated heterocycles. The van der Waals surface area contributed by atoms with E-state index in [2.05, 4.69) is 22.8 Å². The number of aliphatic hydroxyl groups excluding tert-OH is 1. The van der Waals surface area contributed by atoms with Crippen LogP contribution in [0.4, 0.5) is 4.79 Å². The lowest BCUT2D eigenvalue weighted by Crippen LogP contribution is -2.48. The van der Waals surface area contributed by atoms with Gasteiger partial charge in [-0.3, -0.25) is 4.79 Å². The number of carboxylic acid groups (broad SMARTS) is 1. The molecule has 0 bridgehead atoms. The number of fused-ring (bicyclic) bond motifs is 3. The number of ether oxygens (including phenoxy) is 1. The van der Waals surface area contributed by atoms with E-state index in [9.17, 15) is 19.5 Å². The Morgan fingerprint density at radius 1 is 1.03 bits per heavy atom. The lowest BCUT2D eigenvalue weighted by atomic mass is 9.98. The molecule has 2 aromatic rings. The highest BCUT2D eigenvalue weighted by Crippen LogP contribution is 2.44. The first kappa shape index (κ1) is 24.6. The molecule has 0 heterocycles. The van der Waals surface area contributed by atoms with Crippen LogP contribution < -0.4 is 10.6 Å². The predicted octanol–water partition coefficient (Wildman–Crippen LogP) is 2.60. The summed E-state index contributed by atoms with van der Waals surface area (Å²) in [7, 11) is 0. The fourth-order valence-corrected chi connectivity index (χ4v) is 4.34. The summed E-state index contributed by atoms with van der Waals surface area (Å²) in [4.78, 5) is 35.7. The molecule has 0 aliphatic heterocycles. The van der Waals surface area contributed by atoms with Crippen LogP contribution in [0.3, 0.4) is 0 Å². The molecule has 0 radical (unpaired) electrons. The van der Waals surface area contributed by atoms with E-state index in [1.165, 1.54) is 11.8 Å². The molecule has 0 spiro atoms. The van der Waals surface area contributed by atoms with Gasteiger partial charge in [0, 0.05) is 18.9 Å². The summed E-state index contributed by atoms with van der Waals surface area (Å²) in [5, 5.41) is 23.2. The molecule has 176 valence electrons. The van der Waals surface area contributed by atoms with Gasteiger partial charge >= 0.3 is 12.1 Å². The largest absolute Gasteiger partial charge is 0.479 e. The number of carbonyl (C=O) groups is 3. The quantitative estimate of drug-likeness (QED) is 0.396. The van der Waals surface area contributed by atoms with Gasteiger partial charge < -0.3 is 25.6 Å². The van der Waals surface area contributed by atoms with Crippen molar-refractivity contribution < 1.29 is 29.3 Å². The number of alkyl carbamates (subject to hydrolysis) is 1. The summed E-state index contributed by atoms with van der Waals surface area (Å²) < 4.78 is 5.52. The second-order valence-electron chi connectivity index (χ2n) is 7.74. The van der Waals surface area contributed by atoms with Crippen LogP contribution in [0.2, 0.25) is 0 Å². The Morgan fingerprint density at radius 2 is 1.64 bits per heavy atom. The van der Waals surface area contributed by atoms with Crippen LogP contribution in [0, 0.1) is 0 Å². The molecule has 0 aromatic heterocycles. The molecule has 1 aliphatic rings. The van der Waals surface area contributed by atoms with Gasteiger partial charge in [-0.05, 0) is 40.7 Å². The molecule has 8 nitrogen and oxygen atoms in total. The number of amides is 2. The van der Waals surface area contributed by atoms with E-state index < -0.39 is 30.1 Å². The van der Waals surface area contributed by atoms with Crippen LogP contribution in [0.1, 0.15) is 29.9 Å². The van der Waals surface area contributed by atoms with Crippen molar-refractivity contribution in [3.63, 3.8) is 0 Å². The van der Waals surface area contributed by atoms with Crippen molar-refractivity contribution in [1.82, 2.24) is 10.6 Å². The molecular formula is C24H28N2O6S. The topological polar surface area (TPSA) is 125 Å². The molecule has 1 aliphatic carbocycles. The molecule has 1 unspecified atom stereocenters. The SMILES string of the molecule is CSCC[C@H](NC(=O)OCC1c2ccccc2-c2ccccc21)C(=O)NCCC(O)C(=O)O. The second-order valence-corrected chi connectivity index (χ2v) is 8.72. The minimum atomic E-state index is -1.55. The third-order valence-corrected chi connectivity index (χ3v) is 6.21. The molecule has 2 amide bonds. The van der Waals surface area contributed by atoms with Gasteiger partial charge in [0.05, 0.1) is 0 Å². The van der Waals surface area contributed by atoms with E-state index in [4.69, 9.17) is 9.84 Å². The molecular weight excluding hydrogens is 444 g/mol. The zero-order valence-corrected chi connectivity index (χ0v) is 19.1. The zero-order chi connectivity index (χ0) is 23.8. The fourth-order valence-electron chi connectivity index (χ4n) is 3.87. The van der Waals surface area contributed by atoms with Crippen LogP contribution in [-0.2, 0) is 14.3 Å². The molecule has 33 heavy (non-hydrogen) atoms. The average Bonchev–Trinajstić information content (AvgIpc) is 3.13. The van der Waals surface area contributed by atoms with Crippen LogP contribution in [0.15, 0.2) is 48.5 Å². The summed E-state index contributed by atoms with van der Waals surface area (Å²) in [6, 6.07) is 15.2. The van der Waals surface area contributed by atoms with E-state index in [-0.39, 0.29) is 25.5 Å². The number of hydrogen-bond donors (Lipinski definition) is 4. The van der Waals surface area contributed by atoms with Crippen molar-refractivity contribution in [2.45, 2.75) is 30.9 Å². The molecule has 0 fully saturated rings. The Labute approximate surface area is 196 Å². The summed E-state index contributed by atoms with van der Waals surface area (Å²) in [5.41, 5.74) is 4.45. The third kappa shape index (κ3) is 6.27. The normalized spacial score (nSPS) is 14.0. The number of aliphatic hydroxyl groups is 1. The van der Waals surface area contributed by atoms with Crippen molar-refractivity contribution >= 4 is 29.7 Å². The first-order chi connectivity index (χ1) is 15.9. The van der Waals surface area contributed by atoms with Crippen LogP contribution in [0.5, 0.6) is 0 Å². The van der Waals surface area contributed by atoms with E-state index in [1.54, 1.807) is 0 Å². The van der Waals surface area contributed by atoms with Crippen molar-refractivity contribution in [1.29, 1.82) is 0 Å². The lowest BCUT2D eigenvalue weighted by Gasteiger charge is -2.20. The number of nitrogens with one attached hydrogen (secondary N) is 2. The number of carbonyl (C=O) groups excluding carboxylic acids is 2. The molecule has 4 N–H and O–H groups in total. The first-order valence-electron chi connectivity index (χ1n) is 10.7. The number of hydrogen-bond acceptors (Lipinski definition) is 6. The number of carboxylic acids is 1. The lowest BCUT2D eigenvalue weighted by molar-refractivity contribution is -0.147. The van der Waals surface area contributed by atoms with Gasteiger partial charge in [0.2, 0.25) is 5.91 Å². The monoisotopic (exact) mass is 472 g/mol. The Bertz CT molecular complexity index is 953. The molecule has 2 aromatic carbocycles.